The highest BCUT2D eigenvalue weighted by atomic mass is 19.1. The zero-order valence-electron chi connectivity index (χ0n) is 13.1. The third-order valence-corrected chi connectivity index (χ3v) is 4.33. The number of carbonyl (C=O) groups excluding carboxylic acids is 1. The summed E-state index contributed by atoms with van der Waals surface area (Å²) in [5.41, 5.74) is -0.103. The number of benzene rings is 1. The van der Waals surface area contributed by atoms with Gasteiger partial charge in [0.05, 0.1) is 17.0 Å². The van der Waals surface area contributed by atoms with Crippen molar-refractivity contribution in [1.29, 1.82) is 0 Å². The van der Waals surface area contributed by atoms with E-state index < -0.39 is 29.2 Å². The van der Waals surface area contributed by atoms with E-state index in [1.54, 1.807) is 0 Å². The number of amides is 1. The van der Waals surface area contributed by atoms with E-state index >= 15 is 0 Å². The lowest BCUT2D eigenvalue weighted by molar-refractivity contribution is -0.143. The number of hydrogen-bond acceptors (Lipinski definition) is 3. The van der Waals surface area contributed by atoms with Crippen LogP contribution in [0.1, 0.15) is 23.7 Å². The van der Waals surface area contributed by atoms with Crippen LogP contribution in [-0.2, 0) is 4.79 Å². The van der Waals surface area contributed by atoms with E-state index in [0.717, 1.165) is 6.07 Å². The fraction of sp³-hybridized carbons (Fsp3) is 0.353. The fourth-order valence-electron chi connectivity index (χ4n) is 3.28. The van der Waals surface area contributed by atoms with Gasteiger partial charge in [0, 0.05) is 24.5 Å². The van der Waals surface area contributed by atoms with Gasteiger partial charge in [-0.3, -0.25) is 14.4 Å². The summed E-state index contributed by atoms with van der Waals surface area (Å²) in [5.74, 6) is -2.43. The number of rotatable bonds is 2. The highest BCUT2D eigenvalue weighted by Crippen LogP contribution is 2.25. The third kappa shape index (κ3) is 3.02. The quantitative estimate of drug-likeness (QED) is 0.878. The molecule has 1 aromatic carbocycles. The number of carbonyl (C=O) groups is 2. The van der Waals surface area contributed by atoms with Crippen LogP contribution in [0.25, 0.3) is 10.9 Å². The second kappa shape index (κ2) is 6.07. The van der Waals surface area contributed by atoms with Crippen LogP contribution in [0.15, 0.2) is 29.1 Å². The molecule has 2 atom stereocenters. The van der Waals surface area contributed by atoms with Gasteiger partial charge >= 0.3 is 5.97 Å². The first-order valence-corrected chi connectivity index (χ1v) is 7.70. The molecule has 0 aliphatic carbocycles. The van der Waals surface area contributed by atoms with Gasteiger partial charge < -0.3 is 15.0 Å². The van der Waals surface area contributed by atoms with E-state index in [-0.39, 0.29) is 23.5 Å². The molecule has 3 rings (SSSR count). The van der Waals surface area contributed by atoms with E-state index in [1.807, 2.05) is 6.92 Å². The van der Waals surface area contributed by atoms with Crippen molar-refractivity contribution >= 4 is 22.8 Å². The number of aromatic nitrogens is 1. The van der Waals surface area contributed by atoms with Gasteiger partial charge in [0.2, 0.25) is 5.56 Å². The molecule has 2 unspecified atom stereocenters. The van der Waals surface area contributed by atoms with Crippen molar-refractivity contribution in [2.45, 2.75) is 13.3 Å². The Hall–Kier alpha value is -2.70. The second-order valence-corrected chi connectivity index (χ2v) is 6.32. The maximum Gasteiger partial charge on any atom is 0.308 e. The number of piperidine rings is 1. The predicted molar refractivity (Wildman–Crippen MR) is 85.3 cm³/mol. The summed E-state index contributed by atoms with van der Waals surface area (Å²) in [6.45, 7) is 2.42. The zero-order chi connectivity index (χ0) is 17.4. The molecule has 24 heavy (non-hydrogen) atoms. The number of H-pyrrole nitrogens is 1. The van der Waals surface area contributed by atoms with Gasteiger partial charge in [-0.2, -0.15) is 0 Å². The minimum atomic E-state index is -0.933. The van der Waals surface area contributed by atoms with E-state index in [9.17, 15) is 23.9 Å². The summed E-state index contributed by atoms with van der Waals surface area (Å²) in [4.78, 5) is 39.9. The first kappa shape index (κ1) is 16.2. The largest absolute Gasteiger partial charge is 0.481 e. The van der Waals surface area contributed by atoms with Gasteiger partial charge in [-0.15, -0.1) is 0 Å². The Balaban J connectivity index is 2.02. The molecule has 0 radical (unpaired) electrons. The number of hydrogen-bond donors (Lipinski definition) is 2. The highest BCUT2D eigenvalue weighted by Gasteiger charge is 2.32. The smallest absolute Gasteiger partial charge is 0.308 e. The lowest BCUT2D eigenvalue weighted by Gasteiger charge is -2.34. The summed E-state index contributed by atoms with van der Waals surface area (Å²) in [6, 6.07) is 5.00. The molecule has 1 fully saturated rings. The summed E-state index contributed by atoms with van der Waals surface area (Å²) in [5, 5.41) is 9.67. The van der Waals surface area contributed by atoms with E-state index in [2.05, 4.69) is 4.98 Å². The van der Waals surface area contributed by atoms with Gasteiger partial charge in [-0.05, 0) is 30.5 Å². The van der Waals surface area contributed by atoms with Gasteiger partial charge in [-0.25, -0.2) is 4.39 Å². The minimum Gasteiger partial charge on any atom is -0.481 e. The molecule has 2 heterocycles. The lowest BCUT2D eigenvalue weighted by atomic mass is 9.90. The Kier molecular flexibility index (Phi) is 4.09. The summed E-state index contributed by atoms with van der Waals surface area (Å²) in [6.07, 6.45) is 0.514. The van der Waals surface area contributed by atoms with Crippen LogP contribution in [0.2, 0.25) is 0 Å². The fourth-order valence-corrected chi connectivity index (χ4v) is 3.28. The number of pyridine rings is 1. The van der Waals surface area contributed by atoms with Crippen molar-refractivity contribution in [1.82, 2.24) is 9.88 Å². The monoisotopic (exact) mass is 332 g/mol. The molecule has 2 aromatic rings. The lowest BCUT2D eigenvalue weighted by Crippen LogP contribution is -2.45. The van der Waals surface area contributed by atoms with Crippen molar-refractivity contribution in [2.75, 3.05) is 13.1 Å². The summed E-state index contributed by atoms with van der Waals surface area (Å²) >= 11 is 0. The number of likely N-dealkylation sites (tertiary alicyclic amines) is 1. The molecular formula is C17H17FN2O4. The van der Waals surface area contributed by atoms with Crippen LogP contribution in [0.3, 0.4) is 0 Å². The number of carboxylic acid groups (broad SMARTS) is 1. The molecule has 6 nitrogen and oxygen atoms in total. The molecule has 0 saturated carbocycles. The van der Waals surface area contributed by atoms with Crippen LogP contribution < -0.4 is 5.56 Å². The van der Waals surface area contributed by atoms with Crippen molar-refractivity contribution in [2.24, 2.45) is 11.8 Å². The number of nitrogens with zero attached hydrogens (tertiary/aromatic N) is 1. The van der Waals surface area contributed by atoms with Crippen molar-refractivity contribution < 1.29 is 19.1 Å². The van der Waals surface area contributed by atoms with E-state index in [0.29, 0.717) is 18.4 Å². The second-order valence-electron chi connectivity index (χ2n) is 6.32. The first-order chi connectivity index (χ1) is 11.3. The highest BCUT2D eigenvalue weighted by molar-refractivity contribution is 6.06. The van der Waals surface area contributed by atoms with Crippen molar-refractivity contribution in [3.05, 3.63) is 46.0 Å². The Morgan fingerprint density at radius 3 is 2.75 bits per heavy atom. The first-order valence-electron chi connectivity index (χ1n) is 7.70. The molecular weight excluding hydrogens is 315 g/mol. The van der Waals surface area contributed by atoms with Crippen molar-refractivity contribution in [3.63, 3.8) is 0 Å². The van der Waals surface area contributed by atoms with E-state index in [1.165, 1.54) is 23.1 Å². The van der Waals surface area contributed by atoms with E-state index in [4.69, 9.17) is 0 Å². The standard InChI is InChI=1S/C17H17FN2O4/c1-9-4-10(17(23)24)8-20(7-9)16(22)13-6-15(21)19-14-5-11(18)2-3-12(13)14/h2-3,5-6,9-10H,4,7-8H2,1H3,(H,19,21)(H,23,24). The number of halogens is 1. The molecule has 1 aliphatic rings. The maximum atomic E-state index is 13.4. The molecule has 7 heteroatoms. The molecule has 0 bridgehead atoms. The Morgan fingerprint density at radius 2 is 2.04 bits per heavy atom. The van der Waals surface area contributed by atoms with Gasteiger partial charge in [0.25, 0.3) is 5.91 Å². The normalized spacial score (nSPS) is 21.0. The Labute approximate surface area is 136 Å². The number of carboxylic acids is 1. The average Bonchev–Trinajstić information content (AvgIpc) is 2.52. The van der Waals surface area contributed by atoms with Crippen LogP contribution in [0.5, 0.6) is 0 Å². The van der Waals surface area contributed by atoms with Crippen LogP contribution >= 0.6 is 0 Å². The molecule has 1 aliphatic heterocycles. The SMILES string of the molecule is CC1CC(C(=O)O)CN(C(=O)c2cc(=O)[nH]c3cc(F)ccc23)C1. The number of aromatic amines is 1. The van der Waals surface area contributed by atoms with Gasteiger partial charge in [0.15, 0.2) is 0 Å². The summed E-state index contributed by atoms with van der Waals surface area (Å²) < 4.78 is 13.4. The number of fused-ring (bicyclic) bond motifs is 1. The van der Waals surface area contributed by atoms with Crippen LogP contribution in [0, 0.1) is 17.7 Å². The topological polar surface area (TPSA) is 90.5 Å². The average molecular weight is 332 g/mol. The number of nitrogens with one attached hydrogen (secondary N) is 1. The molecule has 1 amide bonds. The summed E-state index contributed by atoms with van der Waals surface area (Å²) in [7, 11) is 0. The molecule has 1 saturated heterocycles. The Morgan fingerprint density at radius 1 is 1.29 bits per heavy atom. The maximum absolute atomic E-state index is 13.4. The number of aliphatic carboxylic acids is 1. The molecule has 126 valence electrons. The van der Waals surface area contributed by atoms with Gasteiger partial charge in [0.1, 0.15) is 5.82 Å². The minimum absolute atomic E-state index is 0.0505. The van der Waals surface area contributed by atoms with Gasteiger partial charge in [-0.1, -0.05) is 6.92 Å². The Bertz CT molecular complexity index is 877. The molecule has 1 aromatic heterocycles. The van der Waals surface area contributed by atoms with Crippen LogP contribution in [0.4, 0.5) is 4.39 Å². The predicted octanol–water partition coefficient (Wildman–Crippen LogP) is 1.85. The van der Waals surface area contributed by atoms with Crippen molar-refractivity contribution in [3.8, 4) is 0 Å². The zero-order valence-corrected chi connectivity index (χ0v) is 13.1. The molecule has 0 spiro atoms. The molecule has 2 N–H and O–H groups in total. The van der Waals surface area contributed by atoms with Crippen LogP contribution in [-0.4, -0.2) is 40.0 Å². The third-order valence-electron chi connectivity index (χ3n) is 4.33.